The van der Waals surface area contributed by atoms with Gasteiger partial charge in [0.2, 0.25) is 0 Å². The number of hydrogen-bond donors (Lipinski definition) is 3. The van der Waals surface area contributed by atoms with Crippen LogP contribution in [0.3, 0.4) is 0 Å². The average Bonchev–Trinajstić information content (AvgIpc) is 2.59. The molecule has 0 aliphatic heterocycles. The summed E-state index contributed by atoms with van der Waals surface area (Å²) >= 11 is 0. The highest BCUT2D eigenvalue weighted by atomic mass is 16.4. The number of rotatable bonds is 4. The van der Waals surface area contributed by atoms with Gasteiger partial charge in [0, 0.05) is 23.2 Å². The molecule has 28 heavy (non-hydrogen) atoms. The van der Waals surface area contributed by atoms with Crippen LogP contribution in [0, 0.1) is 12.3 Å². The Morgan fingerprint density at radius 1 is 1.11 bits per heavy atom. The summed E-state index contributed by atoms with van der Waals surface area (Å²) < 4.78 is 0. The van der Waals surface area contributed by atoms with Gasteiger partial charge in [0.05, 0.1) is 5.52 Å². The van der Waals surface area contributed by atoms with E-state index >= 15 is 0 Å². The van der Waals surface area contributed by atoms with Crippen LogP contribution in [0.25, 0.3) is 22.0 Å². The average molecular weight is 378 g/mol. The molecule has 1 heterocycles. The summed E-state index contributed by atoms with van der Waals surface area (Å²) in [5, 5.41) is 22.6. The fourth-order valence-electron chi connectivity index (χ4n) is 3.39. The number of amides is 1. The second-order valence-corrected chi connectivity index (χ2v) is 8.38. The first-order valence-electron chi connectivity index (χ1n) is 9.32. The largest absolute Gasteiger partial charge is 0.508 e. The standard InChI is InChI=1S/C23H26N2O3/c1-14-5-7-15(8-6-14)21-17-11-16(26)9-10-19(17)25-20(12-23(2,3)4)18(21)13-24-22(27)28/h5-11,24,26H,12-13H2,1-4H3,(H,27,28). The van der Waals surface area contributed by atoms with Crippen molar-refractivity contribution in [1.82, 2.24) is 10.3 Å². The van der Waals surface area contributed by atoms with Crippen molar-refractivity contribution in [3.05, 3.63) is 59.3 Å². The van der Waals surface area contributed by atoms with Crippen LogP contribution >= 0.6 is 0 Å². The Morgan fingerprint density at radius 3 is 2.39 bits per heavy atom. The SMILES string of the molecule is Cc1ccc(-c2c(CNC(=O)O)c(CC(C)(C)C)nc3ccc(O)cc23)cc1. The fourth-order valence-corrected chi connectivity index (χ4v) is 3.39. The Hall–Kier alpha value is -3.08. The van der Waals surface area contributed by atoms with E-state index in [1.807, 2.05) is 37.3 Å². The number of carboxylic acid groups (broad SMARTS) is 1. The van der Waals surface area contributed by atoms with E-state index in [0.717, 1.165) is 38.9 Å². The molecule has 3 aromatic rings. The molecule has 0 spiro atoms. The van der Waals surface area contributed by atoms with Crippen molar-refractivity contribution in [2.45, 2.75) is 40.7 Å². The Balaban J connectivity index is 2.35. The van der Waals surface area contributed by atoms with E-state index in [-0.39, 0.29) is 17.7 Å². The Bertz CT molecular complexity index is 1020. The van der Waals surface area contributed by atoms with Crippen LogP contribution in [0.15, 0.2) is 42.5 Å². The number of nitrogens with one attached hydrogen (secondary N) is 1. The minimum atomic E-state index is -1.08. The second kappa shape index (κ2) is 7.50. The molecule has 5 nitrogen and oxygen atoms in total. The van der Waals surface area contributed by atoms with Crippen LogP contribution in [0.2, 0.25) is 0 Å². The zero-order valence-corrected chi connectivity index (χ0v) is 16.7. The van der Waals surface area contributed by atoms with Crippen LogP contribution in [-0.4, -0.2) is 21.3 Å². The van der Waals surface area contributed by atoms with Gasteiger partial charge in [-0.3, -0.25) is 4.98 Å². The van der Waals surface area contributed by atoms with Crippen molar-refractivity contribution in [2.24, 2.45) is 5.41 Å². The lowest BCUT2D eigenvalue weighted by Gasteiger charge is -2.23. The lowest BCUT2D eigenvalue weighted by molar-refractivity contribution is 0.194. The summed E-state index contributed by atoms with van der Waals surface area (Å²) in [7, 11) is 0. The van der Waals surface area contributed by atoms with Crippen molar-refractivity contribution < 1.29 is 15.0 Å². The van der Waals surface area contributed by atoms with Crippen LogP contribution in [-0.2, 0) is 13.0 Å². The summed E-state index contributed by atoms with van der Waals surface area (Å²) in [6.45, 7) is 8.59. The first-order chi connectivity index (χ1) is 13.1. The number of nitrogens with zero attached hydrogens (tertiary/aromatic N) is 1. The first-order valence-corrected chi connectivity index (χ1v) is 9.32. The predicted octanol–water partition coefficient (Wildman–Crippen LogP) is 5.27. The molecular weight excluding hydrogens is 352 g/mol. The number of phenols is 1. The lowest BCUT2D eigenvalue weighted by atomic mass is 9.85. The highest BCUT2D eigenvalue weighted by molar-refractivity contribution is 5.97. The fraction of sp³-hybridized carbons (Fsp3) is 0.304. The van der Waals surface area contributed by atoms with Gasteiger partial charge < -0.3 is 15.5 Å². The third-order valence-corrected chi connectivity index (χ3v) is 4.61. The predicted molar refractivity (Wildman–Crippen MR) is 112 cm³/mol. The smallest absolute Gasteiger partial charge is 0.404 e. The molecule has 0 radical (unpaired) electrons. The van der Waals surface area contributed by atoms with Gasteiger partial charge in [0.25, 0.3) is 0 Å². The molecule has 146 valence electrons. The van der Waals surface area contributed by atoms with Gasteiger partial charge in [-0.1, -0.05) is 50.6 Å². The van der Waals surface area contributed by atoms with Gasteiger partial charge in [0.1, 0.15) is 5.75 Å². The van der Waals surface area contributed by atoms with Crippen LogP contribution in [0.4, 0.5) is 4.79 Å². The molecule has 1 aromatic heterocycles. The monoisotopic (exact) mass is 378 g/mol. The zero-order chi connectivity index (χ0) is 20.5. The number of aryl methyl sites for hydroxylation is 1. The molecule has 3 rings (SSSR count). The Morgan fingerprint density at radius 2 is 1.79 bits per heavy atom. The normalized spacial score (nSPS) is 11.6. The molecule has 0 saturated carbocycles. The number of fused-ring (bicyclic) bond motifs is 1. The van der Waals surface area contributed by atoms with Crippen molar-refractivity contribution in [2.75, 3.05) is 0 Å². The van der Waals surface area contributed by atoms with Crippen molar-refractivity contribution in [3.63, 3.8) is 0 Å². The van der Waals surface area contributed by atoms with Crippen LogP contribution in [0.5, 0.6) is 5.75 Å². The molecule has 5 heteroatoms. The quantitative estimate of drug-likeness (QED) is 0.577. The molecule has 0 fully saturated rings. The number of aromatic nitrogens is 1. The first kappa shape index (κ1) is 19.7. The maximum absolute atomic E-state index is 11.2. The van der Waals surface area contributed by atoms with Gasteiger partial charge in [-0.25, -0.2) is 4.79 Å². The second-order valence-electron chi connectivity index (χ2n) is 8.38. The molecule has 0 atom stereocenters. The van der Waals surface area contributed by atoms with E-state index in [2.05, 4.69) is 26.1 Å². The highest BCUT2D eigenvalue weighted by Gasteiger charge is 2.21. The summed E-state index contributed by atoms with van der Waals surface area (Å²) in [4.78, 5) is 16.0. The summed E-state index contributed by atoms with van der Waals surface area (Å²) in [6.07, 6.45) is -0.369. The van der Waals surface area contributed by atoms with Crippen LogP contribution < -0.4 is 5.32 Å². The highest BCUT2D eigenvalue weighted by Crippen LogP contribution is 2.36. The minimum Gasteiger partial charge on any atom is -0.508 e. The van der Waals surface area contributed by atoms with E-state index < -0.39 is 6.09 Å². The molecule has 0 bridgehead atoms. The minimum absolute atomic E-state index is 0.0138. The van der Waals surface area contributed by atoms with E-state index in [1.54, 1.807) is 12.1 Å². The summed E-state index contributed by atoms with van der Waals surface area (Å²) in [5.74, 6) is 0.156. The number of benzene rings is 2. The molecule has 2 aromatic carbocycles. The summed E-state index contributed by atoms with van der Waals surface area (Å²) in [5.41, 5.74) is 5.51. The molecule has 0 aliphatic carbocycles. The molecule has 1 amide bonds. The van der Waals surface area contributed by atoms with Gasteiger partial charge in [-0.2, -0.15) is 0 Å². The van der Waals surface area contributed by atoms with Gasteiger partial charge in [-0.15, -0.1) is 0 Å². The van der Waals surface area contributed by atoms with Crippen molar-refractivity contribution in [1.29, 1.82) is 0 Å². The molecule has 3 N–H and O–H groups in total. The molecule has 0 saturated heterocycles. The number of phenolic OH excluding ortho intramolecular Hbond substituents is 1. The maximum Gasteiger partial charge on any atom is 0.404 e. The maximum atomic E-state index is 11.2. The van der Waals surface area contributed by atoms with Crippen LogP contribution in [0.1, 0.15) is 37.6 Å². The summed E-state index contributed by atoms with van der Waals surface area (Å²) in [6, 6.07) is 13.2. The van der Waals surface area contributed by atoms with E-state index in [0.29, 0.717) is 6.42 Å². The van der Waals surface area contributed by atoms with E-state index in [1.165, 1.54) is 0 Å². The van der Waals surface area contributed by atoms with Gasteiger partial charge in [-0.05, 0) is 48.1 Å². The van der Waals surface area contributed by atoms with E-state index in [4.69, 9.17) is 4.98 Å². The molecule has 0 aliphatic rings. The van der Waals surface area contributed by atoms with E-state index in [9.17, 15) is 15.0 Å². The molecule has 0 unspecified atom stereocenters. The van der Waals surface area contributed by atoms with Crippen molar-refractivity contribution in [3.8, 4) is 16.9 Å². The van der Waals surface area contributed by atoms with Gasteiger partial charge in [0.15, 0.2) is 0 Å². The number of aromatic hydroxyl groups is 1. The third-order valence-electron chi connectivity index (χ3n) is 4.61. The Labute approximate surface area is 165 Å². The zero-order valence-electron chi connectivity index (χ0n) is 16.7. The number of hydrogen-bond acceptors (Lipinski definition) is 3. The Kier molecular flexibility index (Phi) is 5.27. The van der Waals surface area contributed by atoms with Crippen molar-refractivity contribution >= 4 is 17.0 Å². The number of carbonyl (C=O) groups is 1. The third kappa shape index (κ3) is 4.42. The topological polar surface area (TPSA) is 82.5 Å². The van der Waals surface area contributed by atoms with Gasteiger partial charge >= 0.3 is 6.09 Å². The molecular formula is C23H26N2O3. The number of pyridine rings is 1. The lowest BCUT2D eigenvalue weighted by Crippen LogP contribution is -2.23.